The number of aryl methyl sites for hydroxylation is 2. The van der Waals surface area contributed by atoms with Crippen molar-refractivity contribution >= 4 is 33.0 Å². The Kier molecular flexibility index (Phi) is 5.56. The van der Waals surface area contributed by atoms with Gasteiger partial charge in [-0.25, -0.2) is 13.1 Å². The van der Waals surface area contributed by atoms with Crippen molar-refractivity contribution in [2.75, 3.05) is 18.1 Å². The molecule has 1 aromatic carbocycles. The lowest BCUT2D eigenvalue weighted by molar-refractivity contribution is 0.103. The Labute approximate surface area is 140 Å². The highest BCUT2D eigenvalue weighted by Gasteiger charge is 2.10. The third kappa shape index (κ3) is 5.78. The molecule has 0 spiro atoms. The van der Waals surface area contributed by atoms with Gasteiger partial charge in [0.25, 0.3) is 5.91 Å². The van der Waals surface area contributed by atoms with Gasteiger partial charge in [-0.05, 0) is 55.7 Å². The summed E-state index contributed by atoms with van der Waals surface area (Å²) in [5.41, 5.74) is 2.97. The van der Waals surface area contributed by atoms with E-state index >= 15 is 0 Å². The van der Waals surface area contributed by atoms with Crippen LogP contribution < -0.4 is 10.0 Å². The predicted octanol–water partition coefficient (Wildman–Crippen LogP) is 2.71. The molecule has 5 nitrogen and oxygen atoms in total. The van der Waals surface area contributed by atoms with Gasteiger partial charge in [0, 0.05) is 17.1 Å². The molecule has 2 N–H and O–H groups in total. The zero-order valence-corrected chi connectivity index (χ0v) is 15.0. The molecule has 23 heavy (non-hydrogen) atoms. The van der Waals surface area contributed by atoms with E-state index in [2.05, 4.69) is 10.0 Å². The number of benzene rings is 1. The number of carbonyl (C=O) groups excluding carboxylic acids is 1. The van der Waals surface area contributed by atoms with Crippen molar-refractivity contribution in [3.05, 3.63) is 51.2 Å². The molecule has 1 heterocycles. The van der Waals surface area contributed by atoms with Crippen molar-refractivity contribution < 1.29 is 13.2 Å². The van der Waals surface area contributed by atoms with E-state index in [9.17, 15) is 13.2 Å². The van der Waals surface area contributed by atoms with Crippen LogP contribution in [0.15, 0.2) is 30.3 Å². The van der Waals surface area contributed by atoms with Gasteiger partial charge in [0.15, 0.2) is 0 Å². The Hall–Kier alpha value is -1.70. The maximum absolute atomic E-state index is 12.3. The Morgan fingerprint density at radius 3 is 2.39 bits per heavy atom. The molecule has 2 aromatic rings. The topological polar surface area (TPSA) is 75.3 Å². The number of sulfonamides is 1. The average Bonchev–Trinajstić information content (AvgIpc) is 2.84. The van der Waals surface area contributed by atoms with Crippen LogP contribution in [0.2, 0.25) is 0 Å². The van der Waals surface area contributed by atoms with Gasteiger partial charge in [-0.15, -0.1) is 11.3 Å². The fourth-order valence-corrected chi connectivity index (χ4v) is 3.61. The SMILES string of the molecule is Cc1cc(C)cc(NC(=O)c2ccc(CCNS(C)(=O)=O)s2)c1. The van der Waals surface area contributed by atoms with Crippen LogP contribution >= 0.6 is 11.3 Å². The second-order valence-electron chi connectivity index (χ2n) is 5.51. The van der Waals surface area contributed by atoms with Crippen LogP contribution in [0.25, 0.3) is 0 Å². The normalized spacial score (nSPS) is 11.4. The highest BCUT2D eigenvalue weighted by Crippen LogP contribution is 2.20. The van der Waals surface area contributed by atoms with E-state index in [1.165, 1.54) is 11.3 Å². The number of carbonyl (C=O) groups is 1. The van der Waals surface area contributed by atoms with Gasteiger partial charge < -0.3 is 5.32 Å². The third-order valence-corrected chi connectivity index (χ3v) is 4.97. The Morgan fingerprint density at radius 1 is 1.13 bits per heavy atom. The van der Waals surface area contributed by atoms with Crippen molar-refractivity contribution in [2.24, 2.45) is 0 Å². The molecular formula is C16H20N2O3S2. The number of thiophene rings is 1. The molecule has 2 rings (SSSR count). The molecular weight excluding hydrogens is 332 g/mol. The zero-order chi connectivity index (χ0) is 17.0. The smallest absolute Gasteiger partial charge is 0.265 e. The molecule has 1 aromatic heterocycles. The van der Waals surface area contributed by atoms with Gasteiger partial charge in [-0.3, -0.25) is 4.79 Å². The van der Waals surface area contributed by atoms with E-state index < -0.39 is 10.0 Å². The first-order chi connectivity index (χ1) is 10.7. The maximum Gasteiger partial charge on any atom is 0.265 e. The van der Waals surface area contributed by atoms with Crippen molar-refractivity contribution in [3.63, 3.8) is 0 Å². The van der Waals surface area contributed by atoms with Crippen LogP contribution in [-0.2, 0) is 16.4 Å². The largest absolute Gasteiger partial charge is 0.321 e. The maximum atomic E-state index is 12.3. The first kappa shape index (κ1) is 17.7. The molecule has 0 aliphatic carbocycles. The molecule has 0 aliphatic rings. The van der Waals surface area contributed by atoms with Gasteiger partial charge in [-0.1, -0.05) is 6.07 Å². The Bertz CT molecular complexity index is 790. The number of anilines is 1. The number of nitrogens with one attached hydrogen (secondary N) is 2. The first-order valence-corrected chi connectivity index (χ1v) is 9.87. The summed E-state index contributed by atoms with van der Waals surface area (Å²) < 4.78 is 24.5. The molecule has 0 fully saturated rings. The second kappa shape index (κ2) is 7.25. The summed E-state index contributed by atoms with van der Waals surface area (Å²) in [5, 5.41) is 2.89. The fourth-order valence-electron chi connectivity index (χ4n) is 2.23. The van der Waals surface area contributed by atoms with E-state index in [1.807, 2.05) is 38.1 Å². The van der Waals surface area contributed by atoms with Crippen LogP contribution in [0.1, 0.15) is 25.7 Å². The molecule has 124 valence electrons. The standard InChI is InChI=1S/C16H20N2O3S2/c1-11-8-12(2)10-13(9-11)18-16(19)15-5-4-14(22-15)6-7-17-23(3,20)21/h4-5,8-10,17H,6-7H2,1-3H3,(H,18,19). The lowest BCUT2D eigenvalue weighted by Crippen LogP contribution is -2.24. The summed E-state index contributed by atoms with van der Waals surface area (Å²) in [5.74, 6) is -0.151. The number of amides is 1. The van der Waals surface area contributed by atoms with Crippen molar-refractivity contribution in [1.82, 2.24) is 4.72 Å². The molecule has 0 bridgehead atoms. The molecule has 1 amide bonds. The van der Waals surface area contributed by atoms with Gasteiger partial charge in [-0.2, -0.15) is 0 Å². The van der Waals surface area contributed by atoms with Crippen LogP contribution in [0, 0.1) is 13.8 Å². The third-order valence-electron chi connectivity index (χ3n) is 3.10. The van der Waals surface area contributed by atoms with Crippen LogP contribution in [0.4, 0.5) is 5.69 Å². The highest BCUT2D eigenvalue weighted by molar-refractivity contribution is 7.88. The summed E-state index contributed by atoms with van der Waals surface area (Å²) in [4.78, 5) is 13.8. The molecule has 0 radical (unpaired) electrons. The van der Waals surface area contributed by atoms with E-state index in [-0.39, 0.29) is 5.91 Å². The number of rotatable bonds is 6. The Balaban J connectivity index is 1.98. The average molecular weight is 352 g/mol. The second-order valence-corrected chi connectivity index (χ2v) is 8.51. The molecule has 0 aliphatic heterocycles. The van der Waals surface area contributed by atoms with Crippen molar-refractivity contribution in [1.29, 1.82) is 0 Å². The van der Waals surface area contributed by atoms with Gasteiger partial charge in [0.2, 0.25) is 10.0 Å². The minimum atomic E-state index is -3.18. The summed E-state index contributed by atoms with van der Waals surface area (Å²) in [6.07, 6.45) is 1.69. The number of hydrogen-bond acceptors (Lipinski definition) is 4. The fraction of sp³-hybridized carbons (Fsp3) is 0.312. The lowest BCUT2D eigenvalue weighted by atomic mass is 10.1. The van der Waals surface area contributed by atoms with Gasteiger partial charge >= 0.3 is 0 Å². The minimum Gasteiger partial charge on any atom is -0.321 e. The highest BCUT2D eigenvalue weighted by atomic mass is 32.2. The zero-order valence-electron chi connectivity index (χ0n) is 13.3. The first-order valence-electron chi connectivity index (χ1n) is 7.16. The van der Waals surface area contributed by atoms with E-state index in [4.69, 9.17) is 0 Å². The summed E-state index contributed by atoms with van der Waals surface area (Å²) >= 11 is 1.37. The van der Waals surface area contributed by atoms with Crippen molar-refractivity contribution in [2.45, 2.75) is 20.3 Å². The monoisotopic (exact) mass is 352 g/mol. The molecule has 0 saturated heterocycles. The molecule has 0 atom stereocenters. The van der Waals surface area contributed by atoms with E-state index in [0.29, 0.717) is 17.8 Å². The summed E-state index contributed by atoms with van der Waals surface area (Å²) in [7, 11) is -3.18. The summed E-state index contributed by atoms with van der Waals surface area (Å²) in [6.45, 7) is 4.30. The Morgan fingerprint density at radius 2 is 1.78 bits per heavy atom. The summed E-state index contributed by atoms with van der Waals surface area (Å²) in [6, 6.07) is 9.52. The van der Waals surface area contributed by atoms with E-state index in [1.54, 1.807) is 6.07 Å². The lowest BCUT2D eigenvalue weighted by Gasteiger charge is -2.06. The quantitative estimate of drug-likeness (QED) is 0.839. The van der Waals surface area contributed by atoms with E-state index in [0.717, 1.165) is 27.9 Å². The molecule has 0 unspecified atom stereocenters. The van der Waals surface area contributed by atoms with Crippen LogP contribution in [0.3, 0.4) is 0 Å². The number of hydrogen-bond donors (Lipinski definition) is 2. The van der Waals surface area contributed by atoms with Crippen LogP contribution in [0.5, 0.6) is 0 Å². The molecule has 0 saturated carbocycles. The van der Waals surface area contributed by atoms with Gasteiger partial charge in [0.05, 0.1) is 11.1 Å². The minimum absolute atomic E-state index is 0.151. The van der Waals surface area contributed by atoms with Crippen molar-refractivity contribution in [3.8, 4) is 0 Å². The van der Waals surface area contributed by atoms with Crippen LogP contribution in [-0.4, -0.2) is 27.1 Å². The predicted molar refractivity (Wildman–Crippen MR) is 94.7 cm³/mol. The van der Waals surface area contributed by atoms with Gasteiger partial charge in [0.1, 0.15) is 0 Å². The molecule has 7 heteroatoms.